The summed E-state index contributed by atoms with van der Waals surface area (Å²) in [7, 11) is -5.12. The van der Waals surface area contributed by atoms with Crippen LogP contribution in [0.15, 0.2) is 12.2 Å². The van der Waals surface area contributed by atoms with E-state index in [4.69, 9.17) is 18.5 Å². The molecule has 1 rings (SSSR count). The minimum atomic E-state index is -5.12. The van der Waals surface area contributed by atoms with Gasteiger partial charge >= 0.3 is 19.8 Å². The lowest BCUT2D eigenvalue weighted by Gasteiger charge is -2.41. The predicted molar refractivity (Wildman–Crippen MR) is 240 cm³/mol. The van der Waals surface area contributed by atoms with Crippen molar-refractivity contribution < 1.29 is 63.1 Å². The summed E-state index contributed by atoms with van der Waals surface area (Å²) in [6.45, 7) is 3.30. The lowest BCUT2D eigenvalue weighted by Crippen LogP contribution is -2.64. The normalized spacial score (nSPS) is 22.0. The second kappa shape index (κ2) is 37.9. The minimum absolute atomic E-state index is 0.0998. The van der Waals surface area contributed by atoms with Crippen molar-refractivity contribution in [2.24, 2.45) is 0 Å². The Balaban J connectivity index is 2.41. The molecule has 0 spiro atoms. The second-order valence-electron chi connectivity index (χ2n) is 17.3. The number of aliphatic hydroxyl groups is 5. The highest BCUT2D eigenvalue weighted by molar-refractivity contribution is 7.47. The molecule has 14 heteroatoms. The van der Waals surface area contributed by atoms with Gasteiger partial charge in [-0.05, 0) is 38.5 Å². The third-order valence-electron chi connectivity index (χ3n) is 11.6. The Kier molecular flexibility index (Phi) is 35.8. The van der Waals surface area contributed by atoms with Gasteiger partial charge in [0.1, 0.15) is 43.2 Å². The summed E-state index contributed by atoms with van der Waals surface area (Å²) in [5, 5.41) is 50.2. The maximum atomic E-state index is 12.8. The molecule has 0 radical (unpaired) electrons. The average molecular weight is 893 g/mol. The summed E-state index contributed by atoms with van der Waals surface area (Å²) >= 11 is 0. The van der Waals surface area contributed by atoms with Crippen molar-refractivity contribution in [3.8, 4) is 0 Å². The molecule has 0 amide bonds. The fourth-order valence-corrected chi connectivity index (χ4v) is 8.61. The van der Waals surface area contributed by atoms with E-state index >= 15 is 0 Å². The van der Waals surface area contributed by atoms with Gasteiger partial charge in [-0.3, -0.25) is 18.6 Å². The maximum Gasteiger partial charge on any atom is 0.472 e. The second-order valence-corrected chi connectivity index (χ2v) is 18.7. The van der Waals surface area contributed by atoms with Gasteiger partial charge in [-0.25, -0.2) is 4.57 Å². The van der Waals surface area contributed by atoms with E-state index in [-0.39, 0.29) is 12.8 Å². The first-order chi connectivity index (χ1) is 29.4. The van der Waals surface area contributed by atoms with Gasteiger partial charge in [-0.2, -0.15) is 0 Å². The largest absolute Gasteiger partial charge is 0.472 e. The number of phosphoric acid groups is 1. The van der Waals surface area contributed by atoms with Crippen molar-refractivity contribution in [1.82, 2.24) is 0 Å². The zero-order chi connectivity index (χ0) is 45.0. The molecule has 0 saturated heterocycles. The van der Waals surface area contributed by atoms with E-state index in [1.807, 2.05) is 0 Å². The van der Waals surface area contributed by atoms with E-state index in [1.54, 1.807) is 0 Å². The van der Waals surface area contributed by atoms with Crippen molar-refractivity contribution in [3.63, 3.8) is 0 Å². The van der Waals surface area contributed by atoms with Gasteiger partial charge < -0.3 is 39.9 Å². The molecule has 0 bridgehead atoms. The van der Waals surface area contributed by atoms with E-state index in [9.17, 15) is 44.6 Å². The number of hydrogen-bond acceptors (Lipinski definition) is 12. The lowest BCUT2D eigenvalue weighted by atomic mass is 9.85. The van der Waals surface area contributed by atoms with Crippen LogP contribution < -0.4 is 0 Å². The number of aliphatic hydroxyl groups excluding tert-OH is 5. The van der Waals surface area contributed by atoms with Crippen LogP contribution in [0.5, 0.6) is 0 Å². The Bertz CT molecular complexity index is 1120. The number of esters is 2. The maximum absolute atomic E-state index is 12.8. The number of carbonyl (C=O) groups is 2. The molecule has 1 fully saturated rings. The van der Waals surface area contributed by atoms with Crippen molar-refractivity contribution in [2.75, 3.05) is 13.2 Å². The first-order valence-corrected chi connectivity index (χ1v) is 26.0. The summed E-state index contributed by atoms with van der Waals surface area (Å²) in [5.41, 5.74) is 0. The number of hydrogen-bond donors (Lipinski definition) is 6. The summed E-state index contributed by atoms with van der Waals surface area (Å²) in [4.78, 5) is 35.7. The van der Waals surface area contributed by atoms with Crippen LogP contribution in [-0.4, -0.2) is 98.3 Å². The van der Waals surface area contributed by atoms with E-state index in [0.29, 0.717) is 12.8 Å². The molecule has 13 nitrogen and oxygen atoms in total. The summed E-state index contributed by atoms with van der Waals surface area (Å²) < 4.78 is 33.5. The number of allylic oxidation sites excluding steroid dienone is 2. The average Bonchev–Trinajstić information content (AvgIpc) is 3.24. The standard InChI is InChI=1S/C47H89O13P/c1-3-5-7-9-11-13-15-17-18-19-20-21-22-24-26-28-30-32-34-36-41(49)59-39(38-58-61(55,56)60-47-45(53)43(51)42(50)44(52)46(47)54)37-57-40(48)35-33-31-29-27-25-23-16-14-12-10-8-6-4-2/h23,25,39,42-47,50-54H,3-22,24,26-38H2,1-2H3,(H,55,56)/b25-23+/t39-,42?,43+,44?,45?,46?,47?/m1/s1. The van der Waals surface area contributed by atoms with Crippen LogP contribution in [0.3, 0.4) is 0 Å². The lowest BCUT2D eigenvalue weighted by molar-refractivity contribution is -0.220. The number of unbranched alkanes of at least 4 members (excludes halogenated alkanes) is 27. The fourth-order valence-electron chi connectivity index (χ4n) is 7.64. The zero-order valence-corrected chi connectivity index (χ0v) is 39.1. The van der Waals surface area contributed by atoms with Gasteiger partial charge in [0, 0.05) is 12.8 Å². The Hall–Kier alpha value is -1.41. The SMILES string of the molecule is CCCCCCCC/C=C/CCCCCC(=O)OC[C@H](COP(=O)(O)OC1C(O)C(O)C(O)[C@H](O)C1O)OC(=O)CCCCCCCCCCCCCCCCCCCCC. The number of ether oxygens (including phenoxy) is 2. The van der Waals surface area contributed by atoms with Crippen molar-refractivity contribution in [1.29, 1.82) is 0 Å². The summed E-state index contributed by atoms with van der Waals surface area (Å²) in [6, 6.07) is 0. The van der Waals surface area contributed by atoms with Crippen LogP contribution in [0.4, 0.5) is 0 Å². The molecule has 8 atom stereocenters. The predicted octanol–water partition coefficient (Wildman–Crippen LogP) is 9.84. The minimum Gasteiger partial charge on any atom is -0.462 e. The molecule has 0 heterocycles. The zero-order valence-electron chi connectivity index (χ0n) is 38.2. The quantitative estimate of drug-likeness (QED) is 0.0146. The van der Waals surface area contributed by atoms with Gasteiger partial charge in [0.05, 0.1) is 6.61 Å². The van der Waals surface area contributed by atoms with Crippen LogP contribution in [0.1, 0.15) is 219 Å². The molecule has 0 aromatic carbocycles. The Morgan fingerprint density at radius 3 is 1.26 bits per heavy atom. The van der Waals surface area contributed by atoms with E-state index in [1.165, 1.54) is 135 Å². The van der Waals surface area contributed by atoms with Crippen LogP contribution in [-0.2, 0) is 32.7 Å². The third kappa shape index (κ3) is 30.4. The van der Waals surface area contributed by atoms with E-state index in [0.717, 1.165) is 44.9 Å². The highest BCUT2D eigenvalue weighted by atomic mass is 31.2. The topological polar surface area (TPSA) is 210 Å². The molecule has 360 valence electrons. The van der Waals surface area contributed by atoms with E-state index < -0.39 is 75.7 Å². The number of rotatable bonds is 41. The number of carbonyl (C=O) groups excluding carboxylic acids is 2. The highest BCUT2D eigenvalue weighted by Crippen LogP contribution is 2.47. The van der Waals surface area contributed by atoms with Crippen molar-refractivity contribution in [2.45, 2.75) is 262 Å². The van der Waals surface area contributed by atoms with Crippen molar-refractivity contribution >= 4 is 19.8 Å². The number of phosphoric ester groups is 1. The molecule has 61 heavy (non-hydrogen) atoms. The van der Waals surface area contributed by atoms with Gasteiger partial charge in [-0.1, -0.05) is 180 Å². The van der Waals surface area contributed by atoms with Crippen LogP contribution in [0.25, 0.3) is 0 Å². The Morgan fingerprint density at radius 2 is 0.836 bits per heavy atom. The molecular formula is C47H89O13P. The first-order valence-electron chi connectivity index (χ1n) is 24.5. The molecule has 0 aromatic rings. The summed E-state index contributed by atoms with van der Waals surface area (Å²) in [5.74, 6) is -1.11. The fraction of sp³-hybridized carbons (Fsp3) is 0.915. The van der Waals surface area contributed by atoms with Crippen molar-refractivity contribution in [3.05, 3.63) is 12.2 Å². The van der Waals surface area contributed by atoms with Gasteiger partial charge in [0.25, 0.3) is 0 Å². The smallest absolute Gasteiger partial charge is 0.462 e. The molecule has 6 N–H and O–H groups in total. The Labute approximate surface area is 369 Å². The van der Waals surface area contributed by atoms with Gasteiger partial charge in [0.2, 0.25) is 0 Å². The first kappa shape index (κ1) is 57.6. The molecule has 1 saturated carbocycles. The highest BCUT2D eigenvalue weighted by Gasteiger charge is 2.51. The van der Waals surface area contributed by atoms with Gasteiger partial charge in [-0.15, -0.1) is 0 Å². The molecule has 6 unspecified atom stereocenters. The molecular weight excluding hydrogens is 803 g/mol. The van der Waals surface area contributed by atoms with Crippen LogP contribution >= 0.6 is 7.82 Å². The molecule has 0 aliphatic heterocycles. The van der Waals surface area contributed by atoms with Crippen LogP contribution in [0.2, 0.25) is 0 Å². The Morgan fingerprint density at radius 1 is 0.492 bits per heavy atom. The third-order valence-corrected chi connectivity index (χ3v) is 12.6. The summed E-state index contributed by atoms with van der Waals surface area (Å²) in [6.07, 6.45) is 27.0. The molecule has 1 aliphatic rings. The monoisotopic (exact) mass is 893 g/mol. The molecule has 0 aromatic heterocycles. The van der Waals surface area contributed by atoms with E-state index in [2.05, 4.69) is 26.0 Å². The van der Waals surface area contributed by atoms with Crippen LogP contribution in [0, 0.1) is 0 Å². The van der Waals surface area contributed by atoms with Gasteiger partial charge in [0.15, 0.2) is 6.10 Å². The molecule has 1 aliphatic carbocycles.